The molecule has 1 saturated heterocycles. The Bertz CT molecular complexity index is 201. The molecular weight excluding hydrogens is 268 g/mol. The molecule has 3 nitrogen and oxygen atoms in total. The van der Waals surface area contributed by atoms with Gasteiger partial charge in [-0.05, 0) is 45.8 Å². The third-order valence-electron chi connectivity index (χ3n) is 3.01. The van der Waals surface area contributed by atoms with Crippen LogP contribution in [0.1, 0.15) is 39.0 Å². The average molecular weight is 291 g/mol. The first-order valence-electron chi connectivity index (χ1n) is 6.34. The number of alkyl halides is 1. The molecule has 1 atom stereocenters. The van der Waals surface area contributed by atoms with Crippen molar-refractivity contribution in [2.45, 2.75) is 43.9 Å². The van der Waals surface area contributed by atoms with E-state index in [-0.39, 0.29) is 10.7 Å². The number of nitrogens with one attached hydrogen (secondary N) is 1. The van der Waals surface area contributed by atoms with Crippen molar-refractivity contribution < 1.29 is 4.79 Å². The number of rotatable bonds is 5. The molecule has 1 fully saturated rings. The van der Waals surface area contributed by atoms with Gasteiger partial charge in [0.1, 0.15) is 0 Å². The second-order valence-corrected chi connectivity index (χ2v) is 5.89. The Morgan fingerprint density at radius 2 is 1.94 bits per heavy atom. The highest BCUT2D eigenvalue weighted by molar-refractivity contribution is 9.10. The number of hydrogen-bond acceptors (Lipinski definition) is 2. The monoisotopic (exact) mass is 290 g/mol. The highest BCUT2D eigenvalue weighted by Gasteiger charge is 2.09. The third kappa shape index (κ3) is 5.85. The fourth-order valence-electron chi connectivity index (χ4n) is 2.01. The van der Waals surface area contributed by atoms with Crippen molar-refractivity contribution in [3.63, 3.8) is 0 Å². The molecule has 1 rings (SSSR count). The number of nitrogens with zero attached hydrogens (tertiary/aromatic N) is 1. The molecule has 0 aromatic rings. The van der Waals surface area contributed by atoms with E-state index in [0.29, 0.717) is 0 Å². The summed E-state index contributed by atoms with van der Waals surface area (Å²) in [5.41, 5.74) is 0. The van der Waals surface area contributed by atoms with E-state index in [9.17, 15) is 4.79 Å². The summed E-state index contributed by atoms with van der Waals surface area (Å²) >= 11 is 3.26. The predicted molar refractivity (Wildman–Crippen MR) is 70.9 cm³/mol. The maximum absolute atomic E-state index is 11.3. The fraction of sp³-hybridized carbons (Fsp3) is 0.917. The van der Waals surface area contributed by atoms with E-state index in [1.807, 2.05) is 6.92 Å². The lowest BCUT2D eigenvalue weighted by atomic mass is 10.2. The molecule has 1 aliphatic heterocycles. The zero-order valence-corrected chi connectivity index (χ0v) is 11.8. The molecule has 0 radical (unpaired) electrons. The van der Waals surface area contributed by atoms with Gasteiger partial charge in [0.15, 0.2) is 0 Å². The smallest absolute Gasteiger partial charge is 0.233 e. The number of amides is 1. The van der Waals surface area contributed by atoms with Crippen LogP contribution in [0.2, 0.25) is 0 Å². The summed E-state index contributed by atoms with van der Waals surface area (Å²) in [5, 5.41) is 2.92. The van der Waals surface area contributed by atoms with Crippen molar-refractivity contribution in [1.29, 1.82) is 0 Å². The second-order valence-electron chi connectivity index (χ2n) is 4.52. The molecule has 1 unspecified atom stereocenters. The second kappa shape index (κ2) is 8.07. The number of hydrogen-bond donors (Lipinski definition) is 1. The highest BCUT2D eigenvalue weighted by atomic mass is 79.9. The molecule has 0 bridgehead atoms. The molecule has 0 aromatic carbocycles. The molecule has 0 aromatic heterocycles. The van der Waals surface area contributed by atoms with Crippen LogP contribution in [0.25, 0.3) is 0 Å². The van der Waals surface area contributed by atoms with Crippen molar-refractivity contribution in [1.82, 2.24) is 10.2 Å². The summed E-state index contributed by atoms with van der Waals surface area (Å²) in [6.07, 6.45) is 6.50. The summed E-state index contributed by atoms with van der Waals surface area (Å²) < 4.78 is 0. The van der Waals surface area contributed by atoms with Crippen LogP contribution in [0, 0.1) is 0 Å². The maximum Gasteiger partial charge on any atom is 0.233 e. The van der Waals surface area contributed by atoms with Crippen molar-refractivity contribution in [3.8, 4) is 0 Å². The van der Waals surface area contributed by atoms with E-state index in [2.05, 4.69) is 26.1 Å². The summed E-state index contributed by atoms with van der Waals surface area (Å²) in [4.78, 5) is 13.7. The maximum atomic E-state index is 11.3. The Morgan fingerprint density at radius 1 is 1.31 bits per heavy atom. The van der Waals surface area contributed by atoms with Gasteiger partial charge in [-0.1, -0.05) is 28.8 Å². The van der Waals surface area contributed by atoms with E-state index >= 15 is 0 Å². The van der Waals surface area contributed by atoms with Crippen LogP contribution in [0.15, 0.2) is 0 Å². The SMILES string of the molecule is CC(Br)C(=O)NCCCN1CCCCCC1. The quantitative estimate of drug-likeness (QED) is 0.622. The first-order valence-corrected chi connectivity index (χ1v) is 7.26. The Kier molecular flexibility index (Phi) is 7.05. The van der Waals surface area contributed by atoms with Gasteiger partial charge in [0.25, 0.3) is 0 Å². The number of halogens is 1. The van der Waals surface area contributed by atoms with E-state index in [4.69, 9.17) is 0 Å². The van der Waals surface area contributed by atoms with Crippen molar-refractivity contribution in [3.05, 3.63) is 0 Å². The van der Waals surface area contributed by atoms with E-state index in [1.165, 1.54) is 38.8 Å². The first kappa shape index (κ1) is 14.0. The first-order chi connectivity index (χ1) is 7.70. The Morgan fingerprint density at radius 3 is 2.50 bits per heavy atom. The van der Waals surface area contributed by atoms with Crippen molar-refractivity contribution in [2.24, 2.45) is 0 Å². The topological polar surface area (TPSA) is 32.3 Å². The van der Waals surface area contributed by atoms with E-state index in [1.54, 1.807) is 0 Å². The van der Waals surface area contributed by atoms with Crippen LogP contribution >= 0.6 is 15.9 Å². The van der Waals surface area contributed by atoms with Crippen LogP contribution in [-0.2, 0) is 4.79 Å². The van der Waals surface area contributed by atoms with Gasteiger partial charge >= 0.3 is 0 Å². The summed E-state index contributed by atoms with van der Waals surface area (Å²) in [6.45, 7) is 6.25. The minimum Gasteiger partial charge on any atom is -0.355 e. The van der Waals surface area contributed by atoms with Crippen molar-refractivity contribution >= 4 is 21.8 Å². The van der Waals surface area contributed by atoms with Gasteiger partial charge in [0.05, 0.1) is 4.83 Å². The minimum absolute atomic E-state index is 0.0781. The van der Waals surface area contributed by atoms with E-state index < -0.39 is 0 Å². The summed E-state index contributed by atoms with van der Waals surface area (Å²) in [5.74, 6) is 0.0934. The Labute approximate surface area is 107 Å². The van der Waals surface area contributed by atoms with Crippen LogP contribution in [0.4, 0.5) is 0 Å². The molecule has 1 N–H and O–H groups in total. The zero-order chi connectivity index (χ0) is 11.8. The average Bonchev–Trinajstić information content (AvgIpc) is 2.52. The minimum atomic E-state index is -0.0781. The zero-order valence-electron chi connectivity index (χ0n) is 10.2. The van der Waals surface area contributed by atoms with Gasteiger partial charge in [0, 0.05) is 6.54 Å². The molecule has 94 valence electrons. The van der Waals surface area contributed by atoms with Crippen LogP contribution in [0.3, 0.4) is 0 Å². The molecule has 1 aliphatic rings. The summed E-state index contributed by atoms with van der Waals surface area (Å²) in [7, 11) is 0. The molecule has 1 heterocycles. The van der Waals surface area contributed by atoms with Crippen LogP contribution in [-0.4, -0.2) is 41.8 Å². The van der Waals surface area contributed by atoms with Crippen LogP contribution in [0.5, 0.6) is 0 Å². The van der Waals surface area contributed by atoms with Gasteiger partial charge in [-0.3, -0.25) is 4.79 Å². The Hall–Kier alpha value is -0.0900. The molecular formula is C12H23BrN2O. The molecule has 0 aliphatic carbocycles. The van der Waals surface area contributed by atoms with Crippen molar-refractivity contribution in [2.75, 3.05) is 26.2 Å². The fourth-order valence-corrected chi connectivity index (χ4v) is 2.18. The number of carbonyl (C=O) groups is 1. The highest BCUT2D eigenvalue weighted by Crippen LogP contribution is 2.09. The standard InChI is InChI=1S/C12H23BrN2O/c1-11(13)12(16)14-7-6-10-15-8-4-2-3-5-9-15/h11H,2-10H2,1H3,(H,14,16). The third-order valence-corrected chi connectivity index (χ3v) is 3.43. The van der Waals surface area contributed by atoms with Crippen LogP contribution < -0.4 is 5.32 Å². The lowest BCUT2D eigenvalue weighted by Gasteiger charge is -2.19. The Balaban J connectivity index is 2.03. The van der Waals surface area contributed by atoms with Gasteiger partial charge < -0.3 is 10.2 Å². The predicted octanol–water partition coefficient (Wildman–Crippen LogP) is 2.15. The normalized spacial score (nSPS) is 20.1. The van der Waals surface area contributed by atoms with Gasteiger partial charge in [-0.15, -0.1) is 0 Å². The van der Waals surface area contributed by atoms with Gasteiger partial charge in [-0.25, -0.2) is 0 Å². The molecule has 1 amide bonds. The molecule has 0 saturated carbocycles. The lowest BCUT2D eigenvalue weighted by Crippen LogP contribution is -2.33. The molecule has 4 heteroatoms. The lowest BCUT2D eigenvalue weighted by molar-refractivity contribution is -0.120. The largest absolute Gasteiger partial charge is 0.355 e. The van der Waals surface area contributed by atoms with Gasteiger partial charge in [-0.2, -0.15) is 0 Å². The van der Waals surface area contributed by atoms with E-state index in [0.717, 1.165) is 19.5 Å². The molecule has 16 heavy (non-hydrogen) atoms. The summed E-state index contributed by atoms with van der Waals surface area (Å²) in [6, 6.07) is 0. The van der Waals surface area contributed by atoms with Gasteiger partial charge in [0.2, 0.25) is 5.91 Å². The number of likely N-dealkylation sites (tertiary alicyclic amines) is 1. The number of carbonyl (C=O) groups excluding carboxylic acids is 1. The molecule has 0 spiro atoms.